The molecule has 22 heavy (non-hydrogen) atoms. The summed E-state index contributed by atoms with van der Waals surface area (Å²) in [6, 6.07) is 9.10. The highest BCUT2D eigenvalue weighted by Crippen LogP contribution is 2.31. The van der Waals surface area contributed by atoms with Crippen molar-refractivity contribution in [3.63, 3.8) is 0 Å². The van der Waals surface area contributed by atoms with Crippen molar-refractivity contribution >= 4 is 39.2 Å². The van der Waals surface area contributed by atoms with Gasteiger partial charge in [0.15, 0.2) is 4.34 Å². The van der Waals surface area contributed by atoms with E-state index in [2.05, 4.69) is 15.3 Å². The van der Waals surface area contributed by atoms with Crippen molar-refractivity contribution in [2.24, 2.45) is 0 Å². The van der Waals surface area contributed by atoms with Crippen LogP contribution < -0.4 is 10.1 Å². The van der Waals surface area contributed by atoms with Gasteiger partial charge in [-0.15, -0.1) is 11.3 Å². The van der Waals surface area contributed by atoms with Crippen molar-refractivity contribution in [1.29, 1.82) is 0 Å². The Kier molecular flexibility index (Phi) is 4.26. The van der Waals surface area contributed by atoms with Crippen LogP contribution in [-0.2, 0) is 0 Å². The molecule has 1 amide bonds. The quantitative estimate of drug-likeness (QED) is 0.741. The Bertz CT molecular complexity index is 833. The largest absolute Gasteiger partial charge is 0.457 e. The lowest BCUT2D eigenvalue weighted by Gasteiger charge is -2.06. The molecule has 0 atom stereocenters. The van der Waals surface area contributed by atoms with Gasteiger partial charge in [0.25, 0.3) is 5.91 Å². The van der Waals surface area contributed by atoms with Crippen LogP contribution in [0.5, 0.6) is 11.5 Å². The number of fused-ring (bicyclic) bond motifs is 1. The zero-order chi connectivity index (χ0) is 15.5. The molecule has 1 N–H and O–H groups in total. The Morgan fingerprint density at radius 2 is 2.09 bits per heavy atom. The summed E-state index contributed by atoms with van der Waals surface area (Å²) in [6.45, 7) is 0. The Morgan fingerprint density at radius 3 is 2.86 bits per heavy atom. The van der Waals surface area contributed by atoms with E-state index in [1.54, 1.807) is 48.5 Å². The summed E-state index contributed by atoms with van der Waals surface area (Å²) in [5.74, 6) is 0.998. The molecule has 0 aliphatic heterocycles. The van der Waals surface area contributed by atoms with Crippen molar-refractivity contribution < 1.29 is 9.53 Å². The number of rotatable bonds is 4. The number of thiazole rings is 1. The van der Waals surface area contributed by atoms with Gasteiger partial charge >= 0.3 is 0 Å². The third-order valence-electron chi connectivity index (χ3n) is 2.94. The predicted octanol–water partition coefficient (Wildman–Crippen LogP) is 3.57. The van der Waals surface area contributed by atoms with Crippen LogP contribution in [0, 0.1) is 0 Å². The molecule has 5 nitrogen and oxygen atoms in total. The summed E-state index contributed by atoms with van der Waals surface area (Å²) in [7, 11) is 1.57. The summed E-state index contributed by atoms with van der Waals surface area (Å²) in [6.07, 6.45) is 3.56. The van der Waals surface area contributed by atoms with E-state index >= 15 is 0 Å². The van der Waals surface area contributed by atoms with E-state index in [4.69, 9.17) is 4.74 Å². The third-order valence-corrected chi connectivity index (χ3v) is 4.96. The maximum atomic E-state index is 11.6. The van der Waals surface area contributed by atoms with E-state index in [0.29, 0.717) is 17.2 Å². The van der Waals surface area contributed by atoms with Crippen LogP contribution in [0.3, 0.4) is 0 Å². The molecule has 2 heterocycles. The van der Waals surface area contributed by atoms with Crippen LogP contribution in [0.25, 0.3) is 10.2 Å². The van der Waals surface area contributed by atoms with Crippen LogP contribution >= 0.6 is 23.1 Å². The first kappa shape index (κ1) is 14.8. The first-order valence-electron chi connectivity index (χ1n) is 6.50. The minimum atomic E-state index is -0.245. The van der Waals surface area contributed by atoms with Gasteiger partial charge in [0.05, 0.1) is 10.2 Å². The highest BCUT2D eigenvalue weighted by atomic mass is 32.2. The molecule has 0 aliphatic carbocycles. The first-order chi connectivity index (χ1) is 10.7. The Morgan fingerprint density at radius 1 is 1.27 bits per heavy atom. The van der Waals surface area contributed by atoms with Crippen LogP contribution in [0.4, 0.5) is 0 Å². The fourth-order valence-electron chi connectivity index (χ4n) is 1.90. The number of carbonyl (C=O) groups excluding carboxylic acids is 1. The fourth-order valence-corrected chi connectivity index (χ4v) is 3.37. The van der Waals surface area contributed by atoms with Gasteiger partial charge in [0, 0.05) is 25.4 Å². The SMILES string of the molecule is CNC(=O)c1cc(Oc2ccc3sc(SC)nc3c2)ccn1. The summed E-state index contributed by atoms with van der Waals surface area (Å²) < 4.78 is 7.95. The van der Waals surface area contributed by atoms with E-state index in [1.165, 1.54) is 0 Å². The number of thioether (sulfide) groups is 1. The molecule has 0 bridgehead atoms. The first-order valence-corrected chi connectivity index (χ1v) is 8.54. The lowest BCUT2D eigenvalue weighted by Crippen LogP contribution is -2.18. The molecule has 112 valence electrons. The highest BCUT2D eigenvalue weighted by Gasteiger charge is 2.08. The number of amides is 1. The van der Waals surface area contributed by atoms with Gasteiger partial charge in [-0.2, -0.15) is 0 Å². The maximum Gasteiger partial charge on any atom is 0.269 e. The number of carbonyl (C=O) groups is 1. The van der Waals surface area contributed by atoms with Gasteiger partial charge in [0.2, 0.25) is 0 Å². The number of hydrogen-bond donors (Lipinski definition) is 1. The summed E-state index contributed by atoms with van der Waals surface area (Å²) >= 11 is 3.28. The van der Waals surface area contributed by atoms with E-state index in [0.717, 1.165) is 14.6 Å². The molecule has 0 unspecified atom stereocenters. The van der Waals surface area contributed by atoms with Crippen molar-refractivity contribution in [3.8, 4) is 11.5 Å². The Hall–Kier alpha value is -2.12. The summed E-state index contributed by atoms with van der Waals surface area (Å²) in [5.41, 5.74) is 1.23. The molecule has 0 radical (unpaired) electrons. The van der Waals surface area contributed by atoms with Gasteiger partial charge in [-0.25, -0.2) is 4.98 Å². The third kappa shape index (κ3) is 3.05. The van der Waals surface area contributed by atoms with Crippen LogP contribution in [-0.4, -0.2) is 29.2 Å². The number of nitrogens with one attached hydrogen (secondary N) is 1. The molecular weight excluding hydrogens is 318 g/mol. The number of benzene rings is 1. The van der Waals surface area contributed by atoms with E-state index < -0.39 is 0 Å². The maximum absolute atomic E-state index is 11.6. The van der Waals surface area contributed by atoms with Gasteiger partial charge < -0.3 is 10.1 Å². The second kappa shape index (κ2) is 6.33. The molecule has 0 fully saturated rings. The smallest absolute Gasteiger partial charge is 0.269 e. The van der Waals surface area contributed by atoms with Gasteiger partial charge in [-0.3, -0.25) is 9.78 Å². The Balaban J connectivity index is 1.87. The lowest BCUT2D eigenvalue weighted by molar-refractivity contribution is 0.0958. The Labute approximate surface area is 135 Å². The van der Waals surface area contributed by atoms with Crippen molar-refractivity contribution in [2.45, 2.75) is 4.34 Å². The molecular formula is C15H13N3O2S2. The normalized spacial score (nSPS) is 10.6. The average Bonchev–Trinajstić information content (AvgIpc) is 2.96. The molecule has 3 aromatic rings. The summed E-state index contributed by atoms with van der Waals surface area (Å²) in [4.78, 5) is 20.1. The van der Waals surface area contributed by atoms with E-state index in [1.807, 2.05) is 24.5 Å². The molecule has 1 aromatic carbocycles. The molecule has 0 saturated carbocycles. The zero-order valence-corrected chi connectivity index (χ0v) is 13.6. The van der Waals surface area contributed by atoms with Crippen LogP contribution in [0.1, 0.15) is 10.5 Å². The van der Waals surface area contributed by atoms with Gasteiger partial charge in [0.1, 0.15) is 17.2 Å². The molecule has 0 aliphatic rings. The predicted molar refractivity (Wildman–Crippen MR) is 89.1 cm³/mol. The number of ether oxygens (including phenoxy) is 1. The molecule has 2 aromatic heterocycles. The van der Waals surface area contributed by atoms with Crippen molar-refractivity contribution in [2.75, 3.05) is 13.3 Å². The molecule has 0 saturated heterocycles. The average molecular weight is 331 g/mol. The molecule has 0 spiro atoms. The fraction of sp³-hybridized carbons (Fsp3) is 0.133. The number of pyridine rings is 1. The zero-order valence-electron chi connectivity index (χ0n) is 12.0. The van der Waals surface area contributed by atoms with Gasteiger partial charge in [-0.05, 0) is 24.5 Å². The number of nitrogens with zero attached hydrogens (tertiary/aromatic N) is 2. The van der Waals surface area contributed by atoms with E-state index in [-0.39, 0.29) is 5.91 Å². The molecule has 3 rings (SSSR count). The minimum Gasteiger partial charge on any atom is -0.457 e. The second-order valence-corrected chi connectivity index (χ2v) is 6.46. The monoisotopic (exact) mass is 331 g/mol. The standard InChI is InChI=1S/C15H13N3O2S2/c1-16-14(19)12-8-10(5-6-17-12)20-9-3-4-13-11(7-9)18-15(21-2)22-13/h3-8H,1-2H3,(H,16,19). The van der Waals surface area contributed by atoms with Crippen LogP contribution in [0.2, 0.25) is 0 Å². The van der Waals surface area contributed by atoms with Crippen molar-refractivity contribution in [1.82, 2.24) is 15.3 Å². The second-order valence-electron chi connectivity index (χ2n) is 4.37. The lowest BCUT2D eigenvalue weighted by atomic mass is 10.3. The minimum absolute atomic E-state index is 0.245. The molecule has 7 heteroatoms. The topological polar surface area (TPSA) is 64.1 Å². The summed E-state index contributed by atoms with van der Waals surface area (Å²) in [5, 5.41) is 2.54. The van der Waals surface area contributed by atoms with Crippen molar-refractivity contribution in [3.05, 3.63) is 42.2 Å². The van der Waals surface area contributed by atoms with Crippen LogP contribution in [0.15, 0.2) is 40.9 Å². The highest BCUT2D eigenvalue weighted by molar-refractivity contribution is 8.00. The van der Waals surface area contributed by atoms with E-state index in [9.17, 15) is 4.79 Å². The number of aromatic nitrogens is 2. The number of hydrogen-bond acceptors (Lipinski definition) is 6. The van der Waals surface area contributed by atoms with Gasteiger partial charge in [-0.1, -0.05) is 11.8 Å².